The van der Waals surface area contributed by atoms with Crippen molar-refractivity contribution in [2.75, 3.05) is 13.7 Å². The van der Waals surface area contributed by atoms with E-state index in [1.165, 1.54) is 0 Å². The second-order valence-electron chi connectivity index (χ2n) is 5.00. The summed E-state index contributed by atoms with van der Waals surface area (Å²) in [6.07, 6.45) is 2.83. The molecule has 0 aliphatic heterocycles. The average molecular weight is 288 g/mol. The number of aromatic nitrogens is 3. The number of aryl methyl sites for hydroxylation is 2. The first-order valence-corrected chi connectivity index (χ1v) is 7.47. The van der Waals surface area contributed by atoms with E-state index in [1.807, 2.05) is 29.8 Å². The molecule has 0 amide bonds. The van der Waals surface area contributed by atoms with Crippen LogP contribution in [0, 0.1) is 6.92 Å². The number of ether oxygens (including phenoxy) is 1. The number of nitrogens with zero attached hydrogens (tertiary/aromatic N) is 3. The van der Waals surface area contributed by atoms with E-state index in [9.17, 15) is 0 Å². The molecule has 0 radical (unpaired) electrons. The molecule has 0 aliphatic carbocycles. The molecule has 21 heavy (non-hydrogen) atoms. The molecular formula is C16H24N4O. The van der Waals surface area contributed by atoms with Crippen molar-refractivity contribution in [3.05, 3.63) is 41.5 Å². The highest BCUT2D eigenvalue weighted by Gasteiger charge is 2.23. The van der Waals surface area contributed by atoms with Crippen LogP contribution in [-0.4, -0.2) is 28.4 Å². The van der Waals surface area contributed by atoms with E-state index < -0.39 is 0 Å². The third-order valence-corrected chi connectivity index (χ3v) is 3.44. The van der Waals surface area contributed by atoms with Gasteiger partial charge in [-0.25, -0.2) is 0 Å². The molecule has 1 unspecified atom stereocenters. The van der Waals surface area contributed by atoms with E-state index in [1.54, 1.807) is 13.3 Å². The Morgan fingerprint density at radius 2 is 2.14 bits per heavy atom. The van der Waals surface area contributed by atoms with Gasteiger partial charge < -0.3 is 10.1 Å². The lowest BCUT2D eigenvalue weighted by Crippen LogP contribution is -2.27. The van der Waals surface area contributed by atoms with E-state index in [0.29, 0.717) is 0 Å². The molecule has 2 aromatic heterocycles. The minimum atomic E-state index is -0.0118. The Morgan fingerprint density at radius 1 is 1.33 bits per heavy atom. The third-order valence-electron chi connectivity index (χ3n) is 3.44. The van der Waals surface area contributed by atoms with Crippen molar-refractivity contribution < 1.29 is 4.74 Å². The Bertz CT molecular complexity index is 558. The molecule has 1 N–H and O–H groups in total. The van der Waals surface area contributed by atoms with Gasteiger partial charge >= 0.3 is 0 Å². The van der Waals surface area contributed by atoms with Gasteiger partial charge in [-0.3, -0.25) is 9.67 Å². The Balaban J connectivity index is 2.47. The number of pyridine rings is 1. The highest BCUT2D eigenvalue weighted by atomic mass is 16.5. The van der Waals surface area contributed by atoms with E-state index >= 15 is 0 Å². The summed E-state index contributed by atoms with van der Waals surface area (Å²) in [5.41, 5.74) is 3.04. The summed E-state index contributed by atoms with van der Waals surface area (Å²) in [6.45, 7) is 7.96. The molecule has 0 aromatic carbocycles. The monoisotopic (exact) mass is 288 g/mol. The molecular weight excluding hydrogens is 264 g/mol. The van der Waals surface area contributed by atoms with Crippen molar-refractivity contribution in [2.24, 2.45) is 0 Å². The van der Waals surface area contributed by atoms with Crippen LogP contribution < -0.4 is 10.1 Å². The van der Waals surface area contributed by atoms with Gasteiger partial charge in [-0.2, -0.15) is 5.10 Å². The molecule has 0 bridgehead atoms. The standard InChI is InChI=1S/C16H24N4O/c1-5-10-17-15(13-9-7-8-12(3)19-13)16-14(21-4)11-18-20(16)6-2/h7-9,11,15,17H,5-6,10H2,1-4H3. The van der Waals surface area contributed by atoms with E-state index in [0.717, 1.165) is 42.3 Å². The fraction of sp³-hybridized carbons (Fsp3) is 0.500. The maximum atomic E-state index is 5.49. The van der Waals surface area contributed by atoms with Crippen LogP contribution >= 0.6 is 0 Å². The summed E-state index contributed by atoms with van der Waals surface area (Å²) < 4.78 is 7.46. The minimum absolute atomic E-state index is 0.0118. The molecule has 5 heteroatoms. The lowest BCUT2D eigenvalue weighted by atomic mass is 10.1. The SMILES string of the molecule is CCCNC(c1cccc(C)n1)c1c(OC)cnn1CC. The molecule has 1 atom stereocenters. The van der Waals surface area contributed by atoms with Crippen LogP contribution in [0.4, 0.5) is 0 Å². The van der Waals surface area contributed by atoms with E-state index in [-0.39, 0.29) is 6.04 Å². The fourth-order valence-corrected chi connectivity index (χ4v) is 2.43. The zero-order valence-electron chi connectivity index (χ0n) is 13.3. The Hall–Kier alpha value is -1.88. The van der Waals surface area contributed by atoms with Gasteiger partial charge in [0.2, 0.25) is 0 Å². The molecule has 5 nitrogen and oxygen atoms in total. The van der Waals surface area contributed by atoms with Crippen molar-refractivity contribution in [2.45, 2.75) is 39.8 Å². The largest absolute Gasteiger partial charge is 0.493 e. The van der Waals surface area contributed by atoms with Crippen LogP contribution in [0.3, 0.4) is 0 Å². The highest BCUT2D eigenvalue weighted by Crippen LogP contribution is 2.29. The van der Waals surface area contributed by atoms with Crippen LogP contribution in [-0.2, 0) is 6.54 Å². The van der Waals surface area contributed by atoms with E-state index in [4.69, 9.17) is 4.74 Å². The molecule has 0 fully saturated rings. The molecule has 114 valence electrons. The van der Waals surface area contributed by atoms with Gasteiger partial charge in [0.1, 0.15) is 5.69 Å². The number of nitrogens with one attached hydrogen (secondary N) is 1. The van der Waals surface area contributed by atoms with Crippen molar-refractivity contribution in [1.29, 1.82) is 0 Å². The average Bonchev–Trinajstić information content (AvgIpc) is 2.91. The van der Waals surface area contributed by atoms with Crippen LogP contribution in [0.1, 0.15) is 43.4 Å². The summed E-state index contributed by atoms with van der Waals surface area (Å²) in [7, 11) is 1.68. The predicted molar refractivity (Wildman–Crippen MR) is 83.6 cm³/mol. The summed E-state index contributed by atoms with van der Waals surface area (Å²) in [5.74, 6) is 0.800. The highest BCUT2D eigenvalue weighted by molar-refractivity contribution is 5.34. The zero-order chi connectivity index (χ0) is 15.2. The Labute approximate surface area is 126 Å². The zero-order valence-corrected chi connectivity index (χ0v) is 13.3. The van der Waals surface area contributed by atoms with E-state index in [2.05, 4.69) is 29.2 Å². The maximum Gasteiger partial charge on any atom is 0.161 e. The van der Waals surface area contributed by atoms with Gasteiger partial charge in [-0.15, -0.1) is 0 Å². The summed E-state index contributed by atoms with van der Waals surface area (Å²) in [6, 6.07) is 6.08. The van der Waals surface area contributed by atoms with Crippen LogP contribution in [0.25, 0.3) is 0 Å². The first-order chi connectivity index (χ1) is 10.2. The van der Waals surface area contributed by atoms with Crippen molar-refractivity contribution in [1.82, 2.24) is 20.1 Å². The normalized spacial score (nSPS) is 12.4. The molecule has 0 aliphatic rings. The number of methoxy groups -OCH3 is 1. The van der Waals surface area contributed by atoms with Crippen molar-refractivity contribution in [3.8, 4) is 5.75 Å². The summed E-state index contributed by atoms with van der Waals surface area (Å²) >= 11 is 0. The van der Waals surface area contributed by atoms with Gasteiger partial charge in [-0.05, 0) is 38.9 Å². The molecule has 0 spiro atoms. The van der Waals surface area contributed by atoms with Gasteiger partial charge in [0, 0.05) is 12.2 Å². The topological polar surface area (TPSA) is 52.0 Å². The number of hydrogen-bond acceptors (Lipinski definition) is 4. The molecule has 0 saturated heterocycles. The summed E-state index contributed by atoms with van der Waals surface area (Å²) in [5, 5.41) is 7.97. The second kappa shape index (κ2) is 7.22. The molecule has 2 aromatic rings. The molecule has 0 saturated carbocycles. The lowest BCUT2D eigenvalue weighted by molar-refractivity contribution is 0.398. The number of hydrogen-bond donors (Lipinski definition) is 1. The summed E-state index contributed by atoms with van der Waals surface area (Å²) in [4.78, 5) is 4.67. The maximum absolute atomic E-state index is 5.49. The first-order valence-electron chi connectivity index (χ1n) is 7.47. The van der Waals surface area contributed by atoms with Gasteiger partial charge in [0.15, 0.2) is 5.75 Å². The lowest BCUT2D eigenvalue weighted by Gasteiger charge is -2.20. The molecule has 2 heterocycles. The van der Waals surface area contributed by atoms with Gasteiger partial charge in [0.25, 0.3) is 0 Å². The predicted octanol–water partition coefficient (Wildman–Crippen LogP) is 2.70. The van der Waals surface area contributed by atoms with Gasteiger partial charge in [-0.1, -0.05) is 13.0 Å². The smallest absolute Gasteiger partial charge is 0.161 e. The minimum Gasteiger partial charge on any atom is -0.493 e. The quantitative estimate of drug-likeness (QED) is 0.851. The van der Waals surface area contributed by atoms with Crippen LogP contribution in [0.5, 0.6) is 5.75 Å². The third kappa shape index (κ3) is 3.42. The first kappa shape index (κ1) is 15.5. The fourth-order valence-electron chi connectivity index (χ4n) is 2.43. The van der Waals surface area contributed by atoms with Crippen LogP contribution in [0.2, 0.25) is 0 Å². The van der Waals surface area contributed by atoms with Crippen molar-refractivity contribution in [3.63, 3.8) is 0 Å². The number of rotatable bonds is 7. The second-order valence-corrected chi connectivity index (χ2v) is 5.00. The van der Waals surface area contributed by atoms with Crippen molar-refractivity contribution >= 4 is 0 Å². The Kier molecular flexibility index (Phi) is 5.33. The Morgan fingerprint density at radius 3 is 2.76 bits per heavy atom. The molecule has 2 rings (SSSR count). The van der Waals surface area contributed by atoms with Gasteiger partial charge in [0.05, 0.1) is 25.0 Å². The van der Waals surface area contributed by atoms with Crippen LogP contribution in [0.15, 0.2) is 24.4 Å².